The summed E-state index contributed by atoms with van der Waals surface area (Å²) in [5, 5.41) is 52.6. The van der Waals surface area contributed by atoms with Gasteiger partial charge in [-0.3, -0.25) is 0 Å². The molecule has 10 nitrogen and oxygen atoms in total. The molecule has 0 fully saturated rings. The number of nitrogens with zero attached hydrogens (tertiary/aromatic N) is 9. The van der Waals surface area contributed by atoms with Crippen LogP contribution in [0.2, 0.25) is 0 Å². The van der Waals surface area contributed by atoms with E-state index in [1.807, 2.05) is 59.1 Å². The summed E-state index contributed by atoms with van der Waals surface area (Å²) in [6.45, 7) is 0. The lowest BCUT2D eigenvalue weighted by molar-refractivity contribution is 0.674. The molecule has 0 radical (unpaired) electrons. The minimum atomic E-state index is 0.607. The Morgan fingerprint density at radius 1 is 0.191 bits per heavy atom. The number of hydrogen-bond acceptors (Lipinski definition) is 6. The standard InChI is InChI=1S/C43H25N3O.2C43H25N3S/c44-26-27-12-10-18-31(41(27)46-36-21-7-4-15-29(36)30-16-5-8-22-37(30)46)32-19-11-20-33-34-24-25-39-40(43(34)47-42(32)33)35-17-6-9-23-38(35)45(39)28-13-2-1-3-14-28;44-26-27-12-10-23-38(46-35-20-7-4-15-29(35)30-16-5-8-21-36(30)46)40(27)34-19-11-18-31-32-24-25-39-41(43(32)47-42(31)34)33-17-6-9-22-37(33)45(39)28-13-2-1-3-14-28;44-26-27-21-23-39(46-36-18-7-4-13-29(36)30-14-5-8-19-37(30)46)35(25-27)32-17-10-16-31-33-22-24-40-41(43(33)47-42(31)32)34-15-6-9-20-38(34)45(40)28-11-2-1-3-12-28/h3*1-25H. The first-order valence-corrected chi connectivity index (χ1v) is 48.9. The number of benzene rings is 21. The second-order valence-corrected chi connectivity index (χ2v) is 38.0. The third-order valence-electron chi connectivity index (χ3n) is 28.7. The number of nitriles is 3. The maximum atomic E-state index is 10.6. The van der Waals surface area contributed by atoms with Crippen LogP contribution in [0.3, 0.4) is 0 Å². The van der Waals surface area contributed by atoms with E-state index in [2.05, 4.69) is 464 Å². The Hall–Kier alpha value is -18.9. The van der Waals surface area contributed by atoms with Gasteiger partial charge in [-0.25, -0.2) is 0 Å². The normalized spacial score (nSPS) is 11.8. The highest BCUT2D eigenvalue weighted by Crippen LogP contribution is 2.53. The van der Waals surface area contributed by atoms with Crippen LogP contribution in [0.5, 0.6) is 0 Å². The maximum absolute atomic E-state index is 10.6. The van der Waals surface area contributed by atoms with E-state index in [1.165, 1.54) is 106 Å². The molecule has 0 spiro atoms. The monoisotopic (exact) mass is 1830 g/mol. The minimum absolute atomic E-state index is 0.607. The van der Waals surface area contributed by atoms with Crippen molar-refractivity contribution in [3.8, 4) is 85.7 Å². The maximum Gasteiger partial charge on any atom is 0.145 e. The third-order valence-corrected chi connectivity index (χ3v) is 31.2. The van der Waals surface area contributed by atoms with Crippen LogP contribution in [0, 0.1) is 34.0 Å². The highest BCUT2D eigenvalue weighted by atomic mass is 32.1. The summed E-state index contributed by atoms with van der Waals surface area (Å²) < 4.78 is 26.0. The van der Waals surface area contributed by atoms with Crippen LogP contribution in [0.1, 0.15) is 16.7 Å². The van der Waals surface area contributed by atoms with Crippen LogP contribution < -0.4 is 0 Å². The summed E-state index contributed by atoms with van der Waals surface area (Å²) in [6, 6.07) is 168. The molecule has 30 rings (SSSR count). The van der Waals surface area contributed by atoms with Gasteiger partial charge < -0.3 is 31.8 Å². The van der Waals surface area contributed by atoms with E-state index in [4.69, 9.17) is 4.42 Å². The zero-order valence-electron chi connectivity index (χ0n) is 75.6. The minimum Gasteiger partial charge on any atom is -0.455 e. The van der Waals surface area contributed by atoms with Gasteiger partial charge in [0, 0.05) is 161 Å². The quantitative estimate of drug-likeness (QED) is 0.143. The fraction of sp³-hybridized carbons (Fsp3) is 0. The van der Waals surface area contributed by atoms with Crippen LogP contribution in [-0.4, -0.2) is 27.4 Å². The number of rotatable bonds is 9. The number of furan rings is 1. The molecule has 0 saturated carbocycles. The molecule has 9 heterocycles. The number of thiophene rings is 2. The molecule has 30 aromatic rings. The fourth-order valence-electron chi connectivity index (χ4n) is 22.8. The van der Waals surface area contributed by atoms with Crippen molar-refractivity contribution in [2.24, 2.45) is 0 Å². The molecule has 21 aromatic carbocycles. The molecule has 9 aromatic heterocycles. The smallest absolute Gasteiger partial charge is 0.145 e. The molecule has 0 aliphatic rings. The van der Waals surface area contributed by atoms with Crippen LogP contribution >= 0.6 is 22.7 Å². The molecule has 0 aliphatic carbocycles. The highest BCUT2D eigenvalue weighted by Gasteiger charge is 2.29. The molecule has 0 aliphatic heterocycles. The van der Waals surface area contributed by atoms with Crippen LogP contribution in [-0.2, 0) is 0 Å². The summed E-state index contributed by atoms with van der Waals surface area (Å²) in [5.41, 5.74) is 29.8. The van der Waals surface area contributed by atoms with Crippen molar-refractivity contribution in [3.05, 3.63) is 472 Å². The van der Waals surface area contributed by atoms with Crippen molar-refractivity contribution in [3.63, 3.8) is 0 Å². The number of para-hydroxylation sites is 14. The van der Waals surface area contributed by atoms with Crippen molar-refractivity contribution in [1.29, 1.82) is 15.8 Å². The molecule has 0 bridgehead atoms. The first kappa shape index (κ1) is 80.6. The molecule has 654 valence electrons. The zero-order valence-corrected chi connectivity index (χ0v) is 77.2. The van der Waals surface area contributed by atoms with Gasteiger partial charge in [-0.2, -0.15) is 15.8 Å². The van der Waals surface area contributed by atoms with Crippen molar-refractivity contribution >= 4 is 216 Å². The predicted octanol–water partition coefficient (Wildman–Crippen LogP) is 34.9. The van der Waals surface area contributed by atoms with Crippen molar-refractivity contribution in [1.82, 2.24) is 27.4 Å². The average molecular weight is 1830 g/mol. The number of fused-ring (bicyclic) bond motifs is 30. The van der Waals surface area contributed by atoms with Gasteiger partial charge in [0.2, 0.25) is 0 Å². The number of hydrogen-bond donors (Lipinski definition) is 0. The van der Waals surface area contributed by atoms with Gasteiger partial charge in [-0.05, 0) is 152 Å². The third kappa shape index (κ3) is 12.2. The summed E-state index contributed by atoms with van der Waals surface area (Å²) in [4.78, 5) is 0. The molecular weight excluding hydrogens is 1760 g/mol. The van der Waals surface area contributed by atoms with E-state index in [0.29, 0.717) is 16.7 Å². The lowest BCUT2D eigenvalue weighted by atomic mass is 9.96. The summed E-state index contributed by atoms with van der Waals surface area (Å²) in [5.74, 6) is 0. The van der Waals surface area contributed by atoms with Gasteiger partial charge in [0.05, 0.1) is 117 Å². The lowest BCUT2D eigenvalue weighted by Gasteiger charge is -2.16. The molecular formula is C129H75N9OS2. The van der Waals surface area contributed by atoms with Crippen LogP contribution in [0.25, 0.3) is 261 Å². The van der Waals surface area contributed by atoms with Gasteiger partial charge in [-0.1, -0.05) is 303 Å². The average Bonchev–Trinajstić information content (AvgIpc) is 1.56. The largest absolute Gasteiger partial charge is 0.455 e. The second-order valence-electron chi connectivity index (χ2n) is 36.0. The lowest BCUT2D eigenvalue weighted by Crippen LogP contribution is -2.00. The van der Waals surface area contributed by atoms with Crippen molar-refractivity contribution in [2.75, 3.05) is 0 Å². The highest BCUT2D eigenvalue weighted by molar-refractivity contribution is 7.28. The molecule has 0 amide bonds. The van der Waals surface area contributed by atoms with Gasteiger partial charge >= 0.3 is 0 Å². The van der Waals surface area contributed by atoms with Crippen molar-refractivity contribution < 1.29 is 4.42 Å². The SMILES string of the molecule is N#Cc1ccc(-n2c3ccccc3c3ccccc32)c(-c2cccc3c2sc2c3ccc3c2c2ccccc2n3-c2ccccc2)c1.N#Cc1cccc(-c2cccc3c2oc2c3ccc3c2c2ccccc2n3-c2ccccc2)c1-n1c2ccccc2c2ccccc21.N#Cc1cccc(-n2c3ccccc3c3ccccc32)c1-c1cccc2c1sc1c2ccc2c1c1ccccc1n2-c1ccccc1. The van der Waals surface area contributed by atoms with E-state index in [9.17, 15) is 15.8 Å². The topological polar surface area (TPSA) is 114 Å². The van der Waals surface area contributed by atoms with Gasteiger partial charge in [-0.15, -0.1) is 22.7 Å². The predicted molar refractivity (Wildman–Crippen MR) is 589 cm³/mol. The van der Waals surface area contributed by atoms with Gasteiger partial charge in [0.25, 0.3) is 0 Å². The molecule has 0 atom stereocenters. The van der Waals surface area contributed by atoms with E-state index < -0.39 is 0 Å². The Kier molecular flexibility index (Phi) is 18.4. The summed E-state index contributed by atoms with van der Waals surface area (Å²) >= 11 is 3.69. The Bertz CT molecular complexity index is 10300. The first-order chi connectivity index (χ1) is 69.9. The molecule has 12 heteroatoms. The van der Waals surface area contributed by atoms with E-state index in [0.717, 1.165) is 155 Å². The Balaban J connectivity index is 0.000000104. The van der Waals surface area contributed by atoms with Gasteiger partial charge in [0.1, 0.15) is 17.2 Å². The molecule has 0 unspecified atom stereocenters. The molecule has 0 saturated heterocycles. The van der Waals surface area contributed by atoms with E-state index in [1.54, 1.807) is 0 Å². The Labute approximate surface area is 814 Å². The Morgan fingerprint density at radius 3 is 0.972 bits per heavy atom. The van der Waals surface area contributed by atoms with E-state index >= 15 is 0 Å². The summed E-state index contributed by atoms with van der Waals surface area (Å²) in [6.07, 6.45) is 0. The second kappa shape index (κ2) is 32.2. The Morgan fingerprint density at radius 2 is 0.518 bits per heavy atom. The van der Waals surface area contributed by atoms with Crippen LogP contribution in [0.4, 0.5) is 0 Å². The summed E-state index contributed by atoms with van der Waals surface area (Å²) in [7, 11) is 0. The fourth-order valence-corrected chi connectivity index (χ4v) is 25.6. The molecule has 0 N–H and O–H groups in total. The molecule has 141 heavy (non-hydrogen) atoms. The van der Waals surface area contributed by atoms with Gasteiger partial charge in [0.15, 0.2) is 0 Å². The zero-order chi connectivity index (χ0) is 93.2. The van der Waals surface area contributed by atoms with Crippen LogP contribution in [0.15, 0.2) is 459 Å². The number of aromatic nitrogens is 6. The van der Waals surface area contributed by atoms with E-state index in [-0.39, 0.29) is 0 Å². The van der Waals surface area contributed by atoms with Crippen molar-refractivity contribution in [2.45, 2.75) is 0 Å². The first-order valence-electron chi connectivity index (χ1n) is 47.3.